The van der Waals surface area contributed by atoms with Gasteiger partial charge in [0.05, 0.1) is 18.3 Å². The van der Waals surface area contributed by atoms with E-state index in [1.807, 2.05) is 19.9 Å². The third-order valence-electron chi connectivity index (χ3n) is 3.28. The SMILES string of the molecule is Cc1ccoc1[C@@H](C)N[C@@H]1CCCCNC1=O. The highest BCUT2D eigenvalue weighted by Crippen LogP contribution is 2.19. The Morgan fingerprint density at radius 1 is 1.53 bits per heavy atom. The number of carbonyl (C=O) groups is 1. The minimum Gasteiger partial charge on any atom is -0.467 e. The van der Waals surface area contributed by atoms with E-state index in [9.17, 15) is 4.79 Å². The largest absolute Gasteiger partial charge is 0.467 e. The predicted octanol–water partition coefficient (Wildman–Crippen LogP) is 1.91. The molecule has 0 radical (unpaired) electrons. The summed E-state index contributed by atoms with van der Waals surface area (Å²) in [6.45, 7) is 4.85. The first-order valence-corrected chi connectivity index (χ1v) is 6.26. The molecule has 2 rings (SSSR count). The highest BCUT2D eigenvalue weighted by atomic mass is 16.3. The van der Waals surface area contributed by atoms with Crippen LogP contribution in [0, 0.1) is 6.92 Å². The third-order valence-corrected chi connectivity index (χ3v) is 3.28. The molecule has 1 aromatic rings. The standard InChI is InChI=1S/C13H20N2O2/c1-9-6-8-17-12(9)10(2)15-11-5-3-4-7-14-13(11)16/h6,8,10-11,15H,3-5,7H2,1-2H3,(H,14,16)/t10-,11-/m1/s1. The molecule has 4 nitrogen and oxygen atoms in total. The average molecular weight is 236 g/mol. The maximum atomic E-state index is 11.8. The van der Waals surface area contributed by atoms with Crippen molar-refractivity contribution in [3.63, 3.8) is 0 Å². The lowest BCUT2D eigenvalue weighted by Gasteiger charge is -2.20. The fourth-order valence-corrected chi connectivity index (χ4v) is 2.30. The second kappa shape index (κ2) is 5.36. The van der Waals surface area contributed by atoms with Crippen molar-refractivity contribution in [2.75, 3.05) is 6.54 Å². The zero-order valence-electron chi connectivity index (χ0n) is 10.5. The number of hydrogen-bond acceptors (Lipinski definition) is 3. The van der Waals surface area contributed by atoms with Gasteiger partial charge in [0.2, 0.25) is 5.91 Å². The molecular weight excluding hydrogens is 216 g/mol. The quantitative estimate of drug-likeness (QED) is 0.843. The molecule has 2 atom stereocenters. The van der Waals surface area contributed by atoms with Gasteiger partial charge in [-0.05, 0) is 44.7 Å². The molecule has 0 bridgehead atoms. The van der Waals surface area contributed by atoms with Crippen molar-refractivity contribution in [1.29, 1.82) is 0 Å². The first-order valence-electron chi connectivity index (χ1n) is 6.26. The highest BCUT2D eigenvalue weighted by molar-refractivity contribution is 5.81. The molecule has 1 aromatic heterocycles. The number of furan rings is 1. The van der Waals surface area contributed by atoms with Gasteiger partial charge in [0.15, 0.2) is 0 Å². The number of rotatable bonds is 3. The Labute approximate surface area is 102 Å². The molecule has 4 heteroatoms. The maximum absolute atomic E-state index is 11.8. The van der Waals surface area contributed by atoms with Crippen LogP contribution < -0.4 is 10.6 Å². The van der Waals surface area contributed by atoms with E-state index < -0.39 is 0 Å². The molecular formula is C13H20N2O2. The number of carbonyl (C=O) groups excluding carboxylic acids is 1. The molecule has 1 aliphatic rings. The van der Waals surface area contributed by atoms with Gasteiger partial charge in [-0.2, -0.15) is 0 Å². The van der Waals surface area contributed by atoms with E-state index in [4.69, 9.17) is 4.42 Å². The molecule has 0 saturated carbocycles. The van der Waals surface area contributed by atoms with E-state index in [1.54, 1.807) is 6.26 Å². The molecule has 1 amide bonds. The van der Waals surface area contributed by atoms with Gasteiger partial charge >= 0.3 is 0 Å². The Morgan fingerprint density at radius 3 is 3.06 bits per heavy atom. The number of hydrogen-bond donors (Lipinski definition) is 2. The summed E-state index contributed by atoms with van der Waals surface area (Å²) in [6, 6.07) is 1.91. The molecule has 0 aliphatic carbocycles. The second-order valence-electron chi connectivity index (χ2n) is 4.70. The van der Waals surface area contributed by atoms with Crippen LogP contribution in [0.4, 0.5) is 0 Å². The maximum Gasteiger partial charge on any atom is 0.237 e. The summed E-state index contributed by atoms with van der Waals surface area (Å²) in [6.07, 6.45) is 4.74. The summed E-state index contributed by atoms with van der Waals surface area (Å²) in [5.74, 6) is 1.03. The zero-order valence-corrected chi connectivity index (χ0v) is 10.5. The van der Waals surface area contributed by atoms with E-state index in [0.29, 0.717) is 0 Å². The van der Waals surface area contributed by atoms with Crippen molar-refractivity contribution in [1.82, 2.24) is 10.6 Å². The molecule has 1 aliphatic heterocycles. The van der Waals surface area contributed by atoms with Crippen LogP contribution in [0.5, 0.6) is 0 Å². The van der Waals surface area contributed by atoms with Gasteiger partial charge in [-0.15, -0.1) is 0 Å². The lowest BCUT2D eigenvalue weighted by atomic mass is 10.1. The number of aryl methyl sites for hydroxylation is 1. The lowest BCUT2D eigenvalue weighted by molar-refractivity contribution is -0.123. The monoisotopic (exact) mass is 236 g/mol. The molecule has 1 saturated heterocycles. The van der Waals surface area contributed by atoms with Crippen LogP contribution in [0.2, 0.25) is 0 Å². The van der Waals surface area contributed by atoms with E-state index in [0.717, 1.165) is 37.1 Å². The minimum atomic E-state index is -0.100. The van der Waals surface area contributed by atoms with Gasteiger partial charge in [0.1, 0.15) is 5.76 Å². The lowest BCUT2D eigenvalue weighted by Crippen LogP contribution is -2.43. The normalized spacial score (nSPS) is 22.9. The van der Waals surface area contributed by atoms with Gasteiger partial charge in [0.25, 0.3) is 0 Å². The number of nitrogens with one attached hydrogen (secondary N) is 2. The molecule has 0 unspecified atom stereocenters. The first-order chi connectivity index (χ1) is 8.18. The summed E-state index contributed by atoms with van der Waals surface area (Å²) in [4.78, 5) is 11.8. The smallest absolute Gasteiger partial charge is 0.237 e. The highest BCUT2D eigenvalue weighted by Gasteiger charge is 2.23. The average Bonchev–Trinajstić information content (AvgIpc) is 2.63. The van der Waals surface area contributed by atoms with Gasteiger partial charge in [0, 0.05) is 6.54 Å². The first kappa shape index (κ1) is 12.2. The van der Waals surface area contributed by atoms with Crippen LogP contribution in [-0.4, -0.2) is 18.5 Å². The molecule has 2 N–H and O–H groups in total. The van der Waals surface area contributed by atoms with Gasteiger partial charge < -0.3 is 9.73 Å². The van der Waals surface area contributed by atoms with Gasteiger partial charge in [-0.1, -0.05) is 0 Å². The van der Waals surface area contributed by atoms with Crippen LogP contribution in [0.15, 0.2) is 16.7 Å². The van der Waals surface area contributed by atoms with Crippen molar-refractivity contribution < 1.29 is 9.21 Å². The van der Waals surface area contributed by atoms with E-state index in [-0.39, 0.29) is 18.0 Å². The summed E-state index contributed by atoms with van der Waals surface area (Å²) in [5, 5.41) is 6.27. The van der Waals surface area contributed by atoms with Crippen LogP contribution in [0.3, 0.4) is 0 Å². The van der Waals surface area contributed by atoms with E-state index in [2.05, 4.69) is 10.6 Å². The Hall–Kier alpha value is -1.29. The van der Waals surface area contributed by atoms with Crippen LogP contribution >= 0.6 is 0 Å². The van der Waals surface area contributed by atoms with Crippen molar-refractivity contribution in [2.45, 2.75) is 45.2 Å². The fraction of sp³-hybridized carbons (Fsp3) is 0.615. The predicted molar refractivity (Wildman–Crippen MR) is 65.6 cm³/mol. The molecule has 2 heterocycles. The van der Waals surface area contributed by atoms with E-state index >= 15 is 0 Å². The summed E-state index contributed by atoms with van der Waals surface area (Å²) < 4.78 is 5.44. The fourth-order valence-electron chi connectivity index (χ4n) is 2.30. The van der Waals surface area contributed by atoms with E-state index in [1.165, 1.54) is 0 Å². The van der Waals surface area contributed by atoms with Crippen molar-refractivity contribution in [2.24, 2.45) is 0 Å². The molecule has 94 valence electrons. The summed E-state index contributed by atoms with van der Waals surface area (Å²) in [7, 11) is 0. The van der Waals surface area contributed by atoms with Crippen molar-refractivity contribution >= 4 is 5.91 Å². The Bertz CT molecular complexity index is 387. The van der Waals surface area contributed by atoms with Crippen molar-refractivity contribution in [3.05, 3.63) is 23.7 Å². The van der Waals surface area contributed by atoms with Crippen LogP contribution in [0.25, 0.3) is 0 Å². The number of amides is 1. The zero-order chi connectivity index (χ0) is 12.3. The molecule has 0 spiro atoms. The Kier molecular flexibility index (Phi) is 3.84. The summed E-state index contributed by atoms with van der Waals surface area (Å²) >= 11 is 0. The van der Waals surface area contributed by atoms with Crippen LogP contribution in [-0.2, 0) is 4.79 Å². The van der Waals surface area contributed by atoms with Gasteiger partial charge in [-0.25, -0.2) is 0 Å². The van der Waals surface area contributed by atoms with Crippen LogP contribution in [0.1, 0.15) is 43.6 Å². The topological polar surface area (TPSA) is 54.3 Å². The van der Waals surface area contributed by atoms with Crippen molar-refractivity contribution in [3.8, 4) is 0 Å². The molecule has 17 heavy (non-hydrogen) atoms. The summed E-state index contributed by atoms with van der Waals surface area (Å²) in [5.41, 5.74) is 1.12. The van der Waals surface area contributed by atoms with Gasteiger partial charge in [-0.3, -0.25) is 10.1 Å². The Morgan fingerprint density at radius 2 is 2.35 bits per heavy atom. The minimum absolute atomic E-state index is 0.0684. The molecule has 1 fully saturated rings. The second-order valence-corrected chi connectivity index (χ2v) is 4.70. The third kappa shape index (κ3) is 2.88. The Balaban J connectivity index is 2.00. The molecule has 0 aromatic carbocycles.